The first-order chi connectivity index (χ1) is 12.9. The molecule has 0 aliphatic carbocycles. The van der Waals surface area contributed by atoms with E-state index in [0.29, 0.717) is 5.75 Å². The molecule has 8 heteroatoms. The van der Waals surface area contributed by atoms with Crippen LogP contribution in [0.2, 0.25) is 0 Å². The van der Waals surface area contributed by atoms with Gasteiger partial charge >= 0.3 is 5.97 Å². The van der Waals surface area contributed by atoms with E-state index in [-0.39, 0.29) is 22.7 Å². The third-order valence-corrected chi connectivity index (χ3v) is 4.47. The first-order valence-corrected chi connectivity index (χ1v) is 9.23. The van der Waals surface area contributed by atoms with E-state index < -0.39 is 18.0 Å². The number of benzene rings is 2. The number of hydrogen-bond acceptors (Lipinski definition) is 6. The molecule has 2 rings (SSSR count). The van der Waals surface area contributed by atoms with Gasteiger partial charge in [-0.1, -0.05) is 0 Å². The lowest BCUT2D eigenvalue weighted by atomic mass is 10.1. The molecule has 1 atom stereocenters. The predicted molar refractivity (Wildman–Crippen MR) is 103 cm³/mol. The normalized spacial score (nSPS) is 11.4. The molecule has 0 radical (unpaired) electrons. The van der Waals surface area contributed by atoms with Crippen LogP contribution in [0.3, 0.4) is 0 Å². The predicted octanol–water partition coefficient (Wildman–Crippen LogP) is 3.53. The number of carbonyl (C=O) groups is 2. The van der Waals surface area contributed by atoms with Crippen molar-refractivity contribution in [1.29, 1.82) is 0 Å². The molecule has 0 aliphatic heterocycles. The maximum Gasteiger partial charge on any atom is 0.335 e. The first-order valence-electron chi connectivity index (χ1n) is 8.00. The lowest BCUT2D eigenvalue weighted by molar-refractivity contribution is -0.122. The molecule has 144 valence electrons. The Kier molecular flexibility index (Phi) is 6.95. The monoisotopic (exact) mass is 391 g/mol. The third kappa shape index (κ3) is 5.07. The molecule has 0 aliphatic rings. The number of carbonyl (C=O) groups excluding carboxylic acids is 1. The quantitative estimate of drug-likeness (QED) is 0.665. The molecule has 0 spiro atoms. The molecule has 1 amide bonds. The van der Waals surface area contributed by atoms with Gasteiger partial charge in [-0.15, -0.1) is 11.8 Å². The second kappa shape index (κ2) is 9.18. The average Bonchev–Trinajstić information content (AvgIpc) is 2.67. The van der Waals surface area contributed by atoms with Gasteiger partial charge in [0, 0.05) is 4.90 Å². The van der Waals surface area contributed by atoms with Gasteiger partial charge in [0.15, 0.2) is 17.6 Å². The number of carboxylic acids is 1. The van der Waals surface area contributed by atoms with Crippen molar-refractivity contribution in [1.82, 2.24) is 0 Å². The van der Waals surface area contributed by atoms with Gasteiger partial charge in [-0.2, -0.15) is 0 Å². The Morgan fingerprint density at radius 1 is 1.11 bits per heavy atom. The standard InChI is InChI=1S/C19H21NO6S/c1-11(26-13-5-7-14(27-4)8-6-13)18(21)20-15-9-12(19(22)23)10-16(24-2)17(15)25-3/h5-11H,1-4H3,(H,20,21)(H,22,23). The summed E-state index contributed by atoms with van der Waals surface area (Å²) in [4.78, 5) is 24.9. The minimum atomic E-state index is -1.15. The Balaban J connectivity index is 2.19. The van der Waals surface area contributed by atoms with Crippen LogP contribution in [-0.4, -0.2) is 43.6 Å². The van der Waals surface area contributed by atoms with Gasteiger partial charge < -0.3 is 24.6 Å². The van der Waals surface area contributed by atoms with Crippen molar-refractivity contribution in [2.45, 2.75) is 17.9 Å². The molecule has 0 saturated carbocycles. The minimum Gasteiger partial charge on any atom is -0.493 e. The van der Waals surface area contributed by atoms with Gasteiger partial charge in [0.2, 0.25) is 0 Å². The fraction of sp³-hybridized carbons (Fsp3) is 0.263. The first kappa shape index (κ1) is 20.4. The highest BCUT2D eigenvalue weighted by Gasteiger charge is 2.21. The summed E-state index contributed by atoms with van der Waals surface area (Å²) in [6.45, 7) is 1.60. The number of amides is 1. The molecule has 0 saturated heterocycles. The smallest absolute Gasteiger partial charge is 0.335 e. The minimum absolute atomic E-state index is 0.0378. The number of ether oxygens (including phenoxy) is 3. The lowest BCUT2D eigenvalue weighted by Gasteiger charge is -2.18. The number of aromatic carboxylic acids is 1. The molecule has 0 fully saturated rings. The molecule has 0 bridgehead atoms. The van der Waals surface area contributed by atoms with Gasteiger partial charge in [0.05, 0.1) is 25.5 Å². The van der Waals surface area contributed by atoms with Crippen molar-refractivity contribution in [3.8, 4) is 17.2 Å². The summed E-state index contributed by atoms with van der Waals surface area (Å²) < 4.78 is 16.1. The van der Waals surface area contributed by atoms with Crippen molar-refractivity contribution in [3.05, 3.63) is 42.0 Å². The second-order valence-corrected chi connectivity index (χ2v) is 6.37. The maximum atomic E-state index is 12.5. The summed E-state index contributed by atoms with van der Waals surface area (Å²) in [7, 11) is 2.79. The molecular formula is C19H21NO6S. The van der Waals surface area contributed by atoms with Crippen LogP contribution in [0, 0.1) is 0 Å². The number of rotatable bonds is 8. The fourth-order valence-electron chi connectivity index (χ4n) is 2.33. The van der Waals surface area contributed by atoms with Crippen LogP contribution in [0.1, 0.15) is 17.3 Å². The fourth-order valence-corrected chi connectivity index (χ4v) is 2.74. The summed E-state index contributed by atoms with van der Waals surface area (Å²) in [5.41, 5.74) is 0.150. The Morgan fingerprint density at radius 2 is 1.78 bits per heavy atom. The average molecular weight is 391 g/mol. The molecule has 2 N–H and O–H groups in total. The van der Waals surface area contributed by atoms with E-state index in [0.717, 1.165) is 4.90 Å². The number of thioether (sulfide) groups is 1. The molecule has 2 aromatic rings. The van der Waals surface area contributed by atoms with Crippen molar-refractivity contribution in [3.63, 3.8) is 0 Å². The zero-order valence-electron chi connectivity index (χ0n) is 15.4. The number of anilines is 1. The Hall–Kier alpha value is -2.87. The highest BCUT2D eigenvalue weighted by molar-refractivity contribution is 7.98. The van der Waals surface area contributed by atoms with E-state index in [1.54, 1.807) is 30.8 Å². The van der Waals surface area contributed by atoms with Crippen LogP contribution in [0.4, 0.5) is 5.69 Å². The third-order valence-electron chi connectivity index (χ3n) is 3.73. The van der Waals surface area contributed by atoms with Crippen molar-refractivity contribution in [2.75, 3.05) is 25.8 Å². The molecule has 0 heterocycles. The summed E-state index contributed by atoms with van der Waals surface area (Å²) in [5.74, 6) is -0.614. The highest BCUT2D eigenvalue weighted by Crippen LogP contribution is 2.36. The SMILES string of the molecule is COc1cc(C(=O)O)cc(NC(=O)C(C)Oc2ccc(SC)cc2)c1OC. The van der Waals surface area contributed by atoms with Crippen LogP contribution in [0.5, 0.6) is 17.2 Å². The Morgan fingerprint density at radius 3 is 2.30 bits per heavy atom. The largest absolute Gasteiger partial charge is 0.493 e. The zero-order valence-corrected chi connectivity index (χ0v) is 16.3. The summed E-state index contributed by atoms with van der Waals surface area (Å²) >= 11 is 1.61. The number of methoxy groups -OCH3 is 2. The van der Waals surface area contributed by atoms with Crippen molar-refractivity contribution >= 4 is 29.3 Å². The van der Waals surface area contributed by atoms with E-state index in [4.69, 9.17) is 14.2 Å². The highest BCUT2D eigenvalue weighted by atomic mass is 32.2. The van der Waals surface area contributed by atoms with Gasteiger partial charge in [0.25, 0.3) is 5.91 Å². The van der Waals surface area contributed by atoms with Gasteiger partial charge in [-0.3, -0.25) is 4.79 Å². The molecular weight excluding hydrogens is 370 g/mol. The number of carboxylic acid groups (broad SMARTS) is 1. The lowest BCUT2D eigenvalue weighted by Crippen LogP contribution is -2.30. The summed E-state index contributed by atoms with van der Waals surface area (Å²) in [6.07, 6.45) is 1.16. The van der Waals surface area contributed by atoms with Gasteiger partial charge in [-0.05, 0) is 49.6 Å². The van der Waals surface area contributed by atoms with Crippen molar-refractivity contribution < 1.29 is 28.9 Å². The van der Waals surface area contributed by atoms with Crippen LogP contribution >= 0.6 is 11.8 Å². The topological polar surface area (TPSA) is 94.1 Å². The zero-order chi connectivity index (χ0) is 20.0. The van der Waals surface area contributed by atoms with Crippen LogP contribution in [0.15, 0.2) is 41.3 Å². The molecule has 27 heavy (non-hydrogen) atoms. The van der Waals surface area contributed by atoms with E-state index >= 15 is 0 Å². The summed E-state index contributed by atoms with van der Waals surface area (Å²) in [5, 5.41) is 11.9. The number of nitrogens with one attached hydrogen (secondary N) is 1. The maximum absolute atomic E-state index is 12.5. The summed E-state index contributed by atoms with van der Waals surface area (Å²) in [6, 6.07) is 9.99. The molecule has 0 aromatic heterocycles. The van der Waals surface area contributed by atoms with E-state index in [2.05, 4.69) is 5.32 Å². The molecule has 2 aromatic carbocycles. The van der Waals surface area contributed by atoms with E-state index in [9.17, 15) is 14.7 Å². The van der Waals surface area contributed by atoms with Gasteiger partial charge in [0.1, 0.15) is 5.75 Å². The van der Waals surface area contributed by atoms with E-state index in [1.807, 2.05) is 18.4 Å². The van der Waals surface area contributed by atoms with Crippen molar-refractivity contribution in [2.24, 2.45) is 0 Å². The Bertz CT molecular complexity index is 822. The number of hydrogen-bond donors (Lipinski definition) is 2. The Labute approximate surface area is 161 Å². The van der Waals surface area contributed by atoms with Gasteiger partial charge in [-0.25, -0.2) is 4.79 Å². The van der Waals surface area contributed by atoms with E-state index in [1.165, 1.54) is 26.4 Å². The second-order valence-electron chi connectivity index (χ2n) is 5.49. The van der Waals surface area contributed by atoms with Crippen LogP contribution < -0.4 is 19.5 Å². The van der Waals surface area contributed by atoms with Crippen LogP contribution in [-0.2, 0) is 4.79 Å². The van der Waals surface area contributed by atoms with Crippen LogP contribution in [0.25, 0.3) is 0 Å². The molecule has 7 nitrogen and oxygen atoms in total. The molecule has 1 unspecified atom stereocenters.